The summed E-state index contributed by atoms with van der Waals surface area (Å²) >= 11 is 0. The van der Waals surface area contributed by atoms with Crippen molar-refractivity contribution in [2.45, 2.75) is 6.36 Å². The number of nitrogens with one attached hydrogen (secondary N) is 2. The minimum atomic E-state index is -4.83. The van der Waals surface area contributed by atoms with Crippen molar-refractivity contribution >= 4 is 33.8 Å². The molecule has 1 aliphatic heterocycles. The lowest BCUT2D eigenvalue weighted by Gasteiger charge is -2.23. The molecule has 0 bridgehead atoms. The average Bonchev–Trinajstić information content (AvgIpc) is 2.70. The van der Waals surface area contributed by atoms with E-state index in [2.05, 4.69) is 37.1 Å². The zero-order chi connectivity index (χ0) is 22.2. The van der Waals surface area contributed by atoms with Crippen molar-refractivity contribution < 1.29 is 17.9 Å². The SMILES string of the molecule is CN1CC(c2cc3cc[nH]c(=O)c3c(Nc3c#cc(OC(F)(F)F)cc3)n2)=CN=C1N. The number of rotatable bonds is 4. The van der Waals surface area contributed by atoms with Crippen LogP contribution in [0, 0.1) is 12.1 Å². The Balaban J connectivity index is 1.74. The highest BCUT2D eigenvalue weighted by atomic mass is 19.4. The zero-order valence-electron chi connectivity index (χ0n) is 16.0. The Hall–Kier alpha value is -4.20. The van der Waals surface area contributed by atoms with Gasteiger partial charge >= 0.3 is 6.36 Å². The molecular formula is C20H15F3N6O2. The Morgan fingerprint density at radius 3 is 2.77 bits per heavy atom. The number of alkyl halides is 3. The normalized spacial score (nSPS) is 14.0. The van der Waals surface area contributed by atoms with Gasteiger partial charge in [-0.25, -0.2) is 9.98 Å². The Morgan fingerprint density at radius 2 is 2.10 bits per heavy atom. The lowest BCUT2D eigenvalue weighted by Crippen LogP contribution is -2.36. The minimum Gasteiger partial charge on any atom is -0.397 e. The number of aromatic nitrogens is 2. The molecule has 0 radical (unpaired) electrons. The summed E-state index contributed by atoms with van der Waals surface area (Å²) in [6, 6.07) is 10.7. The number of likely N-dealkylation sites (N-methyl/N-ethyl adjacent to an activating group) is 1. The molecule has 3 aromatic rings. The maximum Gasteiger partial charge on any atom is 0.573 e. The Morgan fingerprint density at radius 1 is 1.29 bits per heavy atom. The number of hydrogen-bond acceptors (Lipinski definition) is 7. The van der Waals surface area contributed by atoms with Crippen LogP contribution in [0.4, 0.5) is 24.7 Å². The first-order valence-electron chi connectivity index (χ1n) is 8.93. The number of pyridine rings is 2. The van der Waals surface area contributed by atoms with Crippen LogP contribution in [0.2, 0.25) is 0 Å². The fraction of sp³-hybridized carbons (Fsp3) is 0.150. The molecule has 11 heteroatoms. The monoisotopic (exact) mass is 428 g/mol. The van der Waals surface area contributed by atoms with Crippen molar-refractivity contribution in [3.8, 4) is 5.75 Å². The van der Waals surface area contributed by atoms with Crippen LogP contribution in [0.15, 0.2) is 46.4 Å². The van der Waals surface area contributed by atoms with E-state index in [0.29, 0.717) is 23.6 Å². The zero-order valence-corrected chi connectivity index (χ0v) is 16.0. The number of guanidine groups is 1. The van der Waals surface area contributed by atoms with Crippen LogP contribution in [0.1, 0.15) is 5.69 Å². The maximum atomic E-state index is 12.4. The van der Waals surface area contributed by atoms with Gasteiger partial charge in [-0.2, -0.15) is 0 Å². The number of anilines is 2. The van der Waals surface area contributed by atoms with E-state index < -0.39 is 12.1 Å². The van der Waals surface area contributed by atoms with Crippen LogP contribution < -0.4 is 21.3 Å². The Bertz CT molecular complexity index is 1250. The third-order valence-electron chi connectivity index (χ3n) is 4.44. The largest absolute Gasteiger partial charge is 0.573 e. The third kappa shape index (κ3) is 4.37. The standard InChI is InChI=1S/C20H15F3N6O2/c1-29-10-12(9-26-19(29)24)15-8-11-6-7-25-18(30)16(11)17(28-15)27-13-2-4-14(5-3-13)31-20(21,22)23/h2,4,6-9H,10H2,1H3,(H2,24,26)(H,25,30)(H,27,28). The van der Waals surface area contributed by atoms with E-state index in [4.69, 9.17) is 5.73 Å². The first-order chi connectivity index (χ1) is 14.7. The third-order valence-corrected chi connectivity index (χ3v) is 4.44. The molecule has 2 aromatic heterocycles. The molecule has 3 heterocycles. The number of aromatic amines is 1. The number of fused-ring (bicyclic) bond motifs is 1. The topological polar surface area (TPSA) is 109 Å². The van der Waals surface area contributed by atoms with Crippen LogP contribution in [0.3, 0.4) is 0 Å². The Labute approximate surface area is 173 Å². The molecule has 0 spiro atoms. The predicted molar refractivity (Wildman–Crippen MR) is 109 cm³/mol. The summed E-state index contributed by atoms with van der Waals surface area (Å²) in [7, 11) is 1.78. The molecule has 0 amide bonds. The number of nitrogens with two attached hydrogens (primary N) is 1. The second kappa shape index (κ2) is 7.56. The lowest BCUT2D eigenvalue weighted by molar-refractivity contribution is -0.274. The summed E-state index contributed by atoms with van der Waals surface area (Å²) < 4.78 is 40.8. The molecule has 4 N–H and O–H groups in total. The van der Waals surface area contributed by atoms with Gasteiger partial charge in [-0.3, -0.25) is 4.79 Å². The minimum absolute atomic E-state index is 0.203. The van der Waals surface area contributed by atoms with Gasteiger partial charge in [0, 0.05) is 31.6 Å². The molecule has 158 valence electrons. The number of halogens is 3. The maximum absolute atomic E-state index is 12.4. The molecule has 1 aromatic carbocycles. The molecule has 1 aliphatic rings. The van der Waals surface area contributed by atoms with E-state index in [1.807, 2.05) is 0 Å². The van der Waals surface area contributed by atoms with Crippen molar-refractivity contribution in [1.82, 2.24) is 14.9 Å². The van der Waals surface area contributed by atoms with Crippen molar-refractivity contribution in [3.05, 3.63) is 64.8 Å². The van der Waals surface area contributed by atoms with E-state index in [9.17, 15) is 18.0 Å². The van der Waals surface area contributed by atoms with Gasteiger partial charge < -0.3 is 25.7 Å². The molecule has 0 fully saturated rings. The number of hydrogen-bond donors (Lipinski definition) is 3. The summed E-state index contributed by atoms with van der Waals surface area (Å²) in [5, 5.41) is 3.82. The predicted octanol–water partition coefficient (Wildman–Crippen LogP) is 2.77. The van der Waals surface area contributed by atoms with Gasteiger partial charge in [0.05, 0.1) is 16.8 Å². The van der Waals surface area contributed by atoms with Gasteiger partial charge in [0.1, 0.15) is 5.82 Å². The lowest BCUT2D eigenvalue weighted by atomic mass is 10.1. The summed E-state index contributed by atoms with van der Waals surface area (Å²) in [5.41, 5.74) is 6.98. The number of aliphatic imine (C=N–C) groups is 1. The van der Waals surface area contributed by atoms with E-state index in [-0.39, 0.29) is 22.5 Å². The van der Waals surface area contributed by atoms with Gasteiger partial charge in [-0.15, -0.1) is 13.2 Å². The first kappa shape index (κ1) is 20.1. The number of ether oxygens (including phenoxy) is 1. The van der Waals surface area contributed by atoms with Crippen molar-refractivity contribution in [3.63, 3.8) is 0 Å². The Kier molecular flexibility index (Phi) is 4.90. The quantitative estimate of drug-likeness (QED) is 0.590. The van der Waals surface area contributed by atoms with Gasteiger partial charge in [-0.05, 0) is 41.8 Å². The van der Waals surface area contributed by atoms with Gasteiger partial charge in [-0.1, -0.05) is 0 Å². The smallest absolute Gasteiger partial charge is 0.397 e. The van der Waals surface area contributed by atoms with Crippen molar-refractivity contribution in [2.75, 3.05) is 18.9 Å². The summed E-state index contributed by atoms with van der Waals surface area (Å²) in [6.45, 7) is 0.458. The average molecular weight is 428 g/mol. The van der Waals surface area contributed by atoms with E-state index in [0.717, 1.165) is 11.6 Å². The molecule has 0 saturated carbocycles. The second-order valence-electron chi connectivity index (χ2n) is 6.66. The summed E-state index contributed by atoms with van der Waals surface area (Å²) in [4.78, 5) is 25.4. The summed E-state index contributed by atoms with van der Waals surface area (Å²) in [5.74, 6) is 0.0357. The van der Waals surface area contributed by atoms with E-state index in [1.54, 1.807) is 30.3 Å². The van der Waals surface area contributed by atoms with Crippen molar-refractivity contribution in [1.29, 1.82) is 0 Å². The number of H-pyrrole nitrogens is 1. The van der Waals surface area contributed by atoms with Crippen LogP contribution in [-0.2, 0) is 0 Å². The molecule has 31 heavy (non-hydrogen) atoms. The fourth-order valence-corrected chi connectivity index (χ4v) is 2.99. The molecule has 0 unspecified atom stereocenters. The van der Waals surface area contributed by atoms with E-state index in [1.165, 1.54) is 12.3 Å². The molecule has 0 saturated heterocycles. The van der Waals surface area contributed by atoms with Gasteiger partial charge in [0.25, 0.3) is 5.56 Å². The highest BCUT2D eigenvalue weighted by Gasteiger charge is 2.31. The van der Waals surface area contributed by atoms with Gasteiger partial charge in [0.15, 0.2) is 11.7 Å². The molecule has 4 rings (SSSR count). The van der Waals surface area contributed by atoms with Crippen LogP contribution in [0.25, 0.3) is 16.3 Å². The van der Waals surface area contributed by atoms with Crippen LogP contribution >= 0.6 is 0 Å². The van der Waals surface area contributed by atoms with Gasteiger partial charge in [0.2, 0.25) is 0 Å². The highest BCUT2D eigenvalue weighted by molar-refractivity contribution is 5.95. The fourth-order valence-electron chi connectivity index (χ4n) is 2.99. The second-order valence-corrected chi connectivity index (χ2v) is 6.66. The van der Waals surface area contributed by atoms with Crippen LogP contribution in [-0.4, -0.2) is 40.8 Å². The molecule has 0 aliphatic carbocycles. The highest BCUT2D eigenvalue weighted by Crippen LogP contribution is 2.27. The molecular weight excluding hydrogens is 413 g/mol. The van der Waals surface area contributed by atoms with Crippen LogP contribution in [0.5, 0.6) is 5.75 Å². The molecule has 8 nitrogen and oxygen atoms in total. The van der Waals surface area contributed by atoms with E-state index >= 15 is 0 Å². The number of nitrogens with zero attached hydrogens (tertiary/aromatic N) is 3. The molecule has 0 atom stereocenters. The van der Waals surface area contributed by atoms with Crippen molar-refractivity contribution in [2.24, 2.45) is 10.7 Å². The first-order valence-corrected chi connectivity index (χ1v) is 8.93. The summed E-state index contributed by atoms with van der Waals surface area (Å²) in [6.07, 6.45) is -1.71.